The molecule has 0 unspecified atom stereocenters. The van der Waals surface area contributed by atoms with Crippen LogP contribution >= 0.6 is 27.5 Å². The van der Waals surface area contributed by atoms with Crippen molar-refractivity contribution in [2.75, 3.05) is 5.88 Å². The summed E-state index contributed by atoms with van der Waals surface area (Å²) in [6.45, 7) is 0. The molecule has 2 heteroatoms. The van der Waals surface area contributed by atoms with E-state index in [-0.39, 0.29) is 0 Å². The molecule has 0 heterocycles. The van der Waals surface area contributed by atoms with Gasteiger partial charge in [-0.1, -0.05) is 15.9 Å². The van der Waals surface area contributed by atoms with E-state index >= 15 is 0 Å². The molecule has 0 radical (unpaired) electrons. The SMILES string of the molecule is ClCC12CC1(Br)C2. The van der Waals surface area contributed by atoms with Gasteiger partial charge in [0.2, 0.25) is 0 Å². The van der Waals surface area contributed by atoms with Crippen LogP contribution in [0.25, 0.3) is 0 Å². The largest absolute Gasteiger partial charge is 0.126 e. The zero-order chi connectivity index (χ0) is 5.12. The van der Waals surface area contributed by atoms with Crippen molar-refractivity contribution in [1.82, 2.24) is 0 Å². The van der Waals surface area contributed by atoms with Gasteiger partial charge in [-0.2, -0.15) is 0 Å². The lowest BCUT2D eigenvalue weighted by molar-refractivity contribution is 0.734. The third kappa shape index (κ3) is 0.357. The topological polar surface area (TPSA) is 0 Å². The van der Waals surface area contributed by atoms with Gasteiger partial charge in [0.05, 0.1) is 0 Å². The van der Waals surface area contributed by atoms with Crippen LogP contribution in [-0.2, 0) is 0 Å². The van der Waals surface area contributed by atoms with Gasteiger partial charge in [-0.05, 0) is 12.8 Å². The summed E-state index contributed by atoms with van der Waals surface area (Å²) in [5.41, 5.74) is 0.578. The van der Waals surface area contributed by atoms with Crippen LogP contribution in [0.3, 0.4) is 0 Å². The highest BCUT2D eigenvalue weighted by Gasteiger charge is 2.81. The van der Waals surface area contributed by atoms with E-state index in [4.69, 9.17) is 11.6 Å². The predicted molar refractivity (Wildman–Crippen MR) is 34.0 cm³/mol. The minimum atomic E-state index is 0.543. The normalized spacial score (nSPS) is 64.3. The average molecular weight is 181 g/mol. The Morgan fingerprint density at radius 3 is 2.00 bits per heavy atom. The molecule has 0 spiro atoms. The van der Waals surface area contributed by atoms with Crippen LogP contribution in [0.2, 0.25) is 0 Å². The van der Waals surface area contributed by atoms with Gasteiger partial charge in [0, 0.05) is 15.6 Å². The van der Waals surface area contributed by atoms with Crippen molar-refractivity contribution in [1.29, 1.82) is 0 Å². The van der Waals surface area contributed by atoms with Crippen molar-refractivity contribution in [3.05, 3.63) is 0 Å². The molecule has 2 aliphatic rings. The molecule has 0 N–H and O–H groups in total. The van der Waals surface area contributed by atoms with Gasteiger partial charge < -0.3 is 0 Å². The van der Waals surface area contributed by atoms with E-state index in [2.05, 4.69) is 15.9 Å². The highest BCUT2D eigenvalue weighted by molar-refractivity contribution is 9.10. The summed E-state index contributed by atoms with van der Waals surface area (Å²) in [6, 6.07) is 0. The first kappa shape index (κ1) is 4.63. The smallest absolute Gasteiger partial charge is 0.0339 e. The number of alkyl halides is 2. The molecule has 2 saturated carbocycles. The van der Waals surface area contributed by atoms with Crippen LogP contribution in [0.1, 0.15) is 12.8 Å². The summed E-state index contributed by atoms with van der Waals surface area (Å²) in [4.78, 5) is 0. The van der Waals surface area contributed by atoms with Crippen LogP contribution in [0.5, 0.6) is 0 Å². The van der Waals surface area contributed by atoms with Crippen LogP contribution in [0, 0.1) is 5.41 Å². The average Bonchev–Trinajstić information content (AvgIpc) is 2.24. The van der Waals surface area contributed by atoms with Gasteiger partial charge >= 0.3 is 0 Å². The molecule has 0 atom stereocenters. The Kier molecular flexibility index (Phi) is 0.599. The summed E-state index contributed by atoms with van der Waals surface area (Å²) < 4.78 is 0.543. The molecule has 40 valence electrons. The quantitative estimate of drug-likeness (QED) is 0.544. The lowest BCUT2D eigenvalue weighted by atomic mass is 10.3. The maximum Gasteiger partial charge on any atom is 0.0339 e. The third-order valence-corrected chi connectivity index (χ3v) is 4.11. The van der Waals surface area contributed by atoms with Crippen molar-refractivity contribution < 1.29 is 0 Å². The predicted octanol–water partition coefficient (Wildman–Crippen LogP) is 2.15. The van der Waals surface area contributed by atoms with Crippen molar-refractivity contribution in [3.63, 3.8) is 0 Å². The van der Waals surface area contributed by atoms with E-state index in [1.54, 1.807) is 0 Å². The molecular formula is C5H6BrCl. The Labute approximate surface area is 56.4 Å². The molecule has 0 amide bonds. The Morgan fingerprint density at radius 1 is 1.57 bits per heavy atom. The maximum absolute atomic E-state index is 5.64. The molecule has 0 nitrogen and oxygen atoms in total. The van der Waals surface area contributed by atoms with Crippen molar-refractivity contribution >= 4 is 27.5 Å². The van der Waals surface area contributed by atoms with Crippen LogP contribution < -0.4 is 0 Å². The maximum atomic E-state index is 5.64. The summed E-state index contributed by atoms with van der Waals surface area (Å²) in [5, 5.41) is 0. The zero-order valence-corrected chi connectivity index (χ0v) is 6.22. The molecule has 0 aromatic carbocycles. The van der Waals surface area contributed by atoms with Gasteiger partial charge in [-0.25, -0.2) is 0 Å². The molecule has 2 rings (SSSR count). The molecule has 2 aliphatic carbocycles. The van der Waals surface area contributed by atoms with Gasteiger partial charge in [0.15, 0.2) is 0 Å². The van der Waals surface area contributed by atoms with E-state index < -0.39 is 0 Å². The van der Waals surface area contributed by atoms with Gasteiger partial charge in [-0.3, -0.25) is 0 Å². The highest BCUT2D eigenvalue weighted by Crippen LogP contribution is 2.83. The lowest BCUT2D eigenvalue weighted by Gasteiger charge is -1.87. The molecule has 0 aliphatic heterocycles. The minimum absolute atomic E-state index is 0.543. The second kappa shape index (κ2) is 0.906. The second-order valence-corrected chi connectivity index (χ2v) is 4.52. The van der Waals surface area contributed by atoms with E-state index in [9.17, 15) is 0 Å². The Bertz CT molecular complexity index is 110. The molecular weight excluding hydrogens is 175 g/mol. The van der Waals surface area contributed by atoms with Gasteiger partial charge in [0.25, 0.3) is 0 Å². The number of halogens is 2. The highest BCUT2D eigenvalue weighted by atomic mass is 79.9. The minimum Gasteiger partial charge on any atom is -0.126 e. The number of rotatable bonds is 1. The first-order valence-electron chi connectivity index (χ1n) is 2.47. The lowest BCUT2D eigenvalue weighted by Crippen LogP contribution is -1.83. The van der Waals surface area contributed by atoms with Crippen LogP contribution in [-0.4, -0.2) is 10.2 Å². The van der Waals surface area contributed by atoms with Gasteiger partial charge in [-0.15, -0.1) is 11.6 Å². The molecule has 0 saturated heterocycles. The van der Waals surface area contributed by atoms with E-state index in [1.807, 2.05) is 0 Å². The summed E-state index contributed by atoms with van der Waals surface area (Å²) in [7, 11) is 0. The van der Waals surface area contributed by atoms with Crippen molar-refractivity contribution in [2.45, 2.75) is 17.2 Å². The Hall–Kier alpha value is 0.770. The fraction of sp³-hybridized carbons (Fsp3) is 1.00. The summed E-state index contributed by atoms with van der Waals surface area (Å²) in [5.74, 6) is 0.859. The third-order valence-electron chi connectivity index (χ3n) is 2.19. The molecule has 0 bridgehead atoms. The molecule has 7 heavy (non-hydrogen) atoms. The monoisotopic (exact) mass is 180 g/mol. The zero-order valence-electron chi connectivity index (χ0n) is 3.88. The van der Waals surface area contributed by atoms with Crippen molar-refractivity contribution in [3.8, 4) is 0 Å². The first-order valence-corrected chi connectivity index (χ1v) is 3.80. The summed E-state index contributed by atoms with van der Waals surface area (Å²) in [6.07, 6.45) is 2.65. The Balaban J connectivity index is 2.14. The van der Waals surface area contributed by atoms with Crippen LogP contribution in [0.15, 0.2) is 0 Å². The summed E-state index contributed by atoms with van der Waals surface area (Å²) >= 11 is 9.23. The number of fused-ring (bicyclic) bond motifs is 1. The van der Waals surface area contributed by atoms with Gasteiger partial charge in [0.1, 0.15) is 0 Å². The van der Waals surface area contributed by atoms with Crippen LogP contribution in [0.4, 0.5) is 0 Å². The van der Waals surface area contributed by atoms with E-state index in [0.717, 1.165) is 5.88 Å². The fourth-order valence-corrected chi connectivity index (χ4v) is 2.97. The van der Waals surface area contributed by atoms with E-state index in [1.165, 1.54) is 12.8 Å². The number of hydrogen-bond donors (Lipinski definition) is 0. The van der Waals surface area contributed by atoms with E-state index in [0.29, 0.717) is 9.74 Å². The standard InChI is InChI=1S/C5H6BrCl/c6-5-1-4(5,2-5)3-7/h1-3H2. The molecule has 0 aromatic heterocycles. The fourth-order valence-electron chi connectivity index (χ4n) is 1.15. The Morgan fingerprint density at radius 2 is 2.00 bits per heavy atom. The molecule has 2 fully saturated rings. The molecule has 0 aromatic rings. The van der Waals surface area contributed by atoms with Crippen molar-refractivity contribution in [2.24, 2.45) is 5.41 Å². The first-order chi connectivity index (χ1) is 3.22. The number of hydrogen-bond acceptors (Lipinski definition) is 0. The second-order valence-electron chi connectivity index (χ2n) is 2.73.